The van der Waals surface area contributed by atoms with Crippen LogP contribution in [0.15, 0.2) is 6.20 Å². The standard InChI is InChI=1S/C18H31N5/c1-15(2)21-7-9-22(10-8-21)17-13-20(14-17)12-16-11-19-23-6-4-3-5-18(16)23/h11,15,17H,3-10,12-14H2,1-2H3. The number of rotatable bonds is 4. The molecule has 4 heterocycles. The van der Waals surface area contributed by atoms with Gasteiger partial charge >= 0.3 is 0 Å². The first-order valence-corrected chi connectivity index (χ1v) is 9.45. The molecule has 128 valence electrons. The zero-order valence-electron chi connectivity index (χ0n) is 14.7. The second-order valence-electron chi connectivity index (χ2n) is 7.81. The summed E-state index contributed by atoms with van der Waals surface area (Å²) in [6.45, 7) is 14.3. The van der Waals surface area contributed by atoms with Gasteiger partial charge in [0.15, 0.2) is 0 Å². The molecular weight excluding hydrogens is 286 g/mol. The van der Waals surface area contributed by atoms with Crippen molar-refractivity contribution < 1.29 is 0 Å². The lowest BCUT2D eigenvalue weighted by molar-refractivity contribution is -0.00425. The van der Waals surface area contributed by atoms with Crippen molar-refractivity contribution in [2.75, 3.05) is 39.3 Å². The van der Waals surface area contributed by atoms with Crippen molar-refractivity contribution >= 4 is 0 Å². The van der Waals surface area contributed by atoms with Crippen LogP contribution in [0.1, 0.15) is 37.9 Å². The van der Waals surface area contributed by atoms with Gasteiger partial charge in [-0.15, -0.1) is 0 Å². The van der Waals surface area contributed by atoms with Crippen LogP contribution in [0.2, 0.25) is 0 Å². The van der Waals surface area contributed by atoms with Crippen LogP contribution >= 0.6 is 0 Å². The predicted octanol–water partition coefficient (Wildman–Crippen LogP) is 1.43. The summed E-state index contributed by atoms with van der Waals surface area (Å²) in [7, 11) is 0. The lowest BCUT2D eigenvalue weighted by Gasteiger charge is -2.48. The third kappa shape index (κ3) is 3.19. The number of hydrogen-bond donors (Lipinski definition) is 0. The average molecular weight is 317 g/mol. The molecule has 23 heavy (non-hydrogen) atoms. The normalized spacial score (nSPS) is 24.8. The van der Waals surface area contributed by atoms with Gasteiger partial charge in [-0.2, -0.15) is 5.10 Å². The molecule has 4 rings (SSSR count). The third-order valence-corrected chi connectivity index (χ3v) is 6.00. The van der Waals surface area contributed by atoms with Crippen LogP contribution in [-0.2, 0) is 19.5 Å². The maximum atomic E-state index is 4.58. The van der Waals surface area contributed by atoms with Crippen molar-refractivity contribution in [1.29, 1.82) is 0 Å². The summed E-state index contributed by atoms with van der Waals surface area (Å²) in [5.41, 5.74) is 2.98. The average Bonchev–Trinajstić information content (AvgIpc) is 2.94. The van der Waals surface area contributed by atoms with E-state index < -0.39 is 0 Å². The minimum atomic E-state index is 0.698. The Balaban J connectivity index is 1.25. The summed E-state index contributed by atoms with van der Waals surface area (Å²) in [6, 6.07) is 1.49. The van der Waals surface area contributed by atoms with Crippen molar-refractivity contribution in [2.24, 2.45) is 0 Å². The second kappa shape index (κ2) is 6.54. The van der Waals surface area contributed by atoms with Crippen molar-refractivity contribution in [2.45, 2.75) is 58.3 Å². The summed E-state index contributed by atoms with van der Waals surface area (Å²) >= 11 is 0. The molecule has 0 saturated carbocycles. The first-order valence-electron chi connectivity index (χ1n) is 9.45. The van der Waals surface area contributed by atoms with Crippen molar-refractivity contribution in [3.63, 3.8) is 0 Å². The Bertz CT molecular complexity index is 524. The summed E-state index contributed by atoms with van der Waals surface area (Å²) in [5, 5.41) is 4.58. The number of nitrogens with zero attached hydrogens (tertiary/aromatic N) is 5. The smallest absolute Gasteiger partial charge is 0.0537 e. The van der Waals surface area contributed by atoms with Gasteiger partial charge in [0.05, 0.1) is 6.20 Å². The largest absolute Gasteiger partial charge is 0.298 e. The van der Waals surface area contributed by atoms with Crippen LogP contribution in [0.25, 0.3) is 0 Å². The third-order valence-electron chi connectivity index (χ3n) is 6.00. The molecule has 0 aliphatic carbocycles. The zero-order chi connectivity index (χ0) is 15.8. The van der Waals surface area contributed by atoms with Gasteiger partial charge in [-0.05, 0) is 33.1 Å². The quantitative estimate of drug-likeness (QED) is 0.840. The van der Waals surface area contributed by atoms with Crippen LogP contribution in [-0.4, -0.2) is 75.8 Å². The molecule has 0 bridgehead atoms. The molecule has 1 aromatic heterocycles. The number of aryl methyl sites for hydroxylation is 1. The van der Waals surface area contributed by atoms with E-state index in [1.807, 2.05) is 0 Å². The van der Waals surface area contributed by atoms with Crippen molar-refractivity contribution in [1.82, 2.24) is 24.5 Å². The fourth-order valence-electron chi connectivity index (χ4n) is 4.38. The van der Waals surface area contributed by atoms with E-state index in [2.05, 4.69) is 44.5 Å². The molecule has 2 saturated heterocycles. The second-order valence-corrected chi connectivity index (χ2v) is 7.81. The van der Waals surface area contributed by atoms with Crippen LogP contribution < -0.4 is 0 Å². The molecule has 0 unspecified atom stereocenters. The topological polar surface area (TPSA) is 27.5 Å². The molecule has 2 fully saturated rings. The molecule has 3 aliphatic heterocycles. The van der Waals surface area contributed by atoms with Crippen molar-refractivity contribution in [3.8, 4) is 0 Å². The van der Waals surface area contributed by atoms with E-state index in [4.69, 9.17) is 0 Å². The lowest BCUT2D eigenvalue weighted by atomic mass is 10.0. The minimum Gasteiger partial charge on any atom is -0.298 e. The van der Waals surface area contributed by atoms with Gasteiger partial charge < -0.3 is 0 Å². The van der Waals surface area contributed by atoms with Gasteiger partial charge in [-0.1, -0.05) is 0 Å². The monoisotopic (exact) mass is 317 g/mol. The molecule has 0 spiro atoms. The highest BCUT2D eigenvalue weighted by Crippen LogP contribution is 2.23. The Hall–Kier alpha value is -0.910. The first kappa shape index (κ1) is 15.6. The fraction of sp³-hybridized carbons (Fsp3) is 0.833. The maximum Gasteiger partial charge on any atom is 0.0537 e. The van der Waals surface area contributed by atoms with Gasteiger partial charge in [0.25, 0.3) is 0 Å². The van der Waals surface area contributed by atoms with Gasteiger partial charge in [-0.25, -0.2) is 0 Å². The Morgan fingerprint density at radius 3 is 2.61 bits per heavy atom. The minimum absolute atomic E-state index is 0.698. The highest BCUT2D eigenvalue weighted by Gasteiger charge is 2.34. The van der Waals surface area contributed by atoms with Crippen LogP contribution in [0.5, 0.6) is 0 Å². The van der Waals surface area contributed by atoms with Gasteiger partial charge in [0.1, 0.15) is 0 Å². The molecule has 0 radical (unpaired) electrons. The van der Waals surface area contributed by atoms with Gasteiger partial charge in [0.2, 0.25) is 0 Å². The molecule has 0 aromatic carbocycles. The zero-order valence-corrected chi connectivity index (χ0v) is 14.7. The number of hydrogen-bond acceptors (Lipinski definition) is 4. The molecule has 3 aliphatic rings. The molecular formula is C18H31N5. The summed E-state index contributed by atoms with van der Waals surface area (Å²) in [4.78, 5) is 7.92. The Labute approximate surface area is 140 Å². The van der Waals surface area contributed by atoms with Crippen LogP contribution in [0, 0.1) is 0 Å². The van der Waals surface area contributed by atoms with Crippen LogP contribution in [0.4, 0.5) is 0 Å². The molecule has 0 atom stereocenters. The van der Waals surface area contributed by atoms with Crippen LogP contribution in [0.3, 0.4) is 0 Å². The van der Waals surface area contributed by atoms with E-state index in [-0.39, 0.29) is 0 Å². The SMILES string of the molecule is CC(C)N1CCN(C2CN(Cc3cnn4c3CCCC4)C2)CC1. The summed E-state index contributed by atoms with van der Waals surface area (Å²) in [6.07, 6.45) is 5.98. The highest BCUT2D eigenvalue weighted by atomic mass is 15.4. The van der Waals surface area contributed by atoms with E-state index in [1.165, 1.54) is 69.8 Å². The molecule has 5 nitrogen and oxygen atoms in total. The summed E-state index contributed by atoms with van der Waals surface area (Å²) < 4.78 is 2.24. The number of fused-ring (bicyclic) bond motifs is 1. The van der Waals surface area contributed by atoms with E-state index in [0.29, 0.717) is 6.04 Å². The Morgan fingerprint density at radius 1 is 1.09 bits per heavy atom. The molecule has 0 amide bonds. The number of piperazine rings is 1. The Kier molecular flexibility index (Phi) is 4.43. The number of likely N-dealkylation sites (tertiary alicyclic amines) is 1. The fourth-order valence-corrected chi connectivity index (χ4v) is 4.38. The van der Waals surface area contributed by atoms with E-state index in [0.717, 1.165) is 19.1 Å². The molecule has 1 aromatic rings. The number of aromatic nitrogens is 2. The highest BCUT2D eigenvalue weighted by molar-refractivity contribution is 5.19. The van der Waals surface area contributed by atoms with E-state index >= 15 is 0 Å². The summed E-state index contributed by atoms with van der Waals surface area (Å²) in [5.74, 6) is 0. The van der Waals surface area contributed by atoms with Gasteiger partial charge in [-0.3, -0.25) is 19.4 Å². The van der Waals surface area contributed by atoms with E-state index in [9.17, 15) is 0 Å². The molecule has 5 heteroatoms. The molecule has 0 N–H and O–H groups in total. The lowest BCUT2D eigenvalue weighted by Crippen LogP contribution is -2.63. The Morgan fingerprint density at radius 2 is 1.87 bits per heavy atom. The first-order chi connectivity index (χ1) is 11.2. The maximum absolute atomic E-state index is 4.58. The van der Waals surface area contributed by atoms with E-state index in [1.54, 1.807) is 0 Å². The predicted molar refractivity (Wildman–Crippen MR) is 92.5 cm³/mol. The van der Waals surface area contributed by atoms with Gasteiger partial charge in [0, 0.05) is 75.7 Å². The van der Waals surface area contributed by atoms with Crippen molar-refractivity contribution in [3.05, 3.63) is 17.5 Å².